The maximum absolute atomic E-state index is 14.9. The van der Waals surface area contributed by atoms with Crippen molar-refractivity contribution >= 4 is 23.3 Å². The molecule has 0 fully saturated rings. The maximum Gasteiger partial charge on any atom is 0.256 e. The molecule has 0 aliphatic heterocycles. The molecular weight excluding hydrogens is 504 g/mol. The number of hydrogen-bond donors (Lipinski definition) is 1. The quantitative estimate of drug-likeness (QED) is 0.352. The molecule has 0 saturated carbocycles. The molecule has 8 nitrogen and oxygen atoms in total. The lowest BCUT2D eigenvalue weighted by Gasteiger charge is -2.20. The van der Waals surface area contributed by atoms with E-state index in [0.717, 1.165) is 16.7 Å². The molecule has 37 heavy (non-hydrogen) atoms. The number of nitrogens with two attached hydrogens (primary N) is 1. The van der Waals surface area contributed by atoms with E-state index in [4.69, 9.17) is 22.1 Å². The van der Waals surface area contributed by atoms with Gasteiger partial charge in [0.15, 0.2) is 17.3 Å². The number of ether oxygens (including phenoxy) is 1. The molecule has 0 aliphatic carbocycles. The smallest absolute Gasteiger partial charge is 0.256 e. The zero-order valence-corrected chi connectivity index (χ0v) is 19.8. The number of carbonyl (C=O) groups is 1. The van der Waals surface area contributed by atoms with Crippen LogP contribution in [0.5, 0.6) is 11.5 Å². The monoisotopic (exact) mass is 521 g/mol. The van der Waals surface area contributed by atoms with E-state index in [9.17, 15) is 23.6 Å². The summed E-state index contributed by atoms with van der Waals surface area (Å²) in [6.45, 7) is -0.188. The molecule has 0 unspecified atom stereocenters. The first-order valence-electron chi connectivity index (χ1n) is 10.8. The van der Waals surface area contributed by atoms with Gasteiger partial charge in [-0.05, 0) is 35.9 Å². The second-order valence-corrected chi connectivity index (χ2v) is 8.17. The van der Waals surface area contributed by atoms with E-state index in [-0.39, 0.29) is 46.7 Å². The van der Waals surface area contributed by atoms with Crippen LogP contribution in [0.15, 0.2) is 77.9 Å². The van der Waals surface area contributed by atoms with Crippen molar-refractivity contribution in [3.05, 3.63) is 111 Å². The van der Waals surface area contributed by atoms with Gasteiger partial charge in [0.25, 0.3) is 11.5 Å². The standard InChI is InChI=1S/C26H18ClF2N5O3/c27-24-22(9-11-32-25(24)31)37-21-7-6-19(13-20(21)29)34-15-17(3-8-23(34)35)26(36)33(12-10-30)14-16-1-4-18(28)5-2-16/h1-9,11,13,15H,12,14H2,(H2,31,32). The van der Waals surface area contributed by atoms with Crippen molar-refractivity contribution in [2.45, 2.75) is 6.54 Å². The number of benzene rings is 2. The van der Waals surface area contributed by atoms with Gasteiger partial charge in [0.2, 0.25) is 0 Å². The zero-order chi connectivity index (χ0) is 26.5. The van der Waals surface area contributed by atoms with Gasteiger partial charge in [0.05, 0.1) is 17.3 Å². The molecule has 11 heteroatoms. The molecule has 2 N–H and O–H groups in total. The molecule has 2 aromatic carbocycles. The van der Waals surface area contributed by atoms with Crippen LogP contribution in [0.1, 0.15) is 15.9 Å². The summed E-state index contributed by atoms with van der Waals surface area (Å²) in [5.74, 6) is -1.81. The lowest BCUT2D eigenvalue weighted by Crippen LogP contribution is -2.32. The molecular formula is C26H18ClF2N5O3. The van der Waals surface area contributed by atoms with Crippen molar-refractivity contribution in [1.82, 2.24) is 14.5 Å². The minimum atomic E-state index is -0.796. The number of rotatable bonds is 7. The Balaban J connectivity index is 1.61. The fraction of sp³-hybridized carbons (Fsp3) is 0.0769. The predicted octanol–water partition coefficient (Wildman–Crippen LogP) is 4.70. The number of nitrogen functional groups attached to an aromatic ring is 1. The Hall–Kier alpha value is -4.75. The average molecular weight is 522 g/mol. The van der Waals surface area contributed by atoms with Crippen LogP contribution in [0.4, 0.5) is 14.6 Å². The van der Waals surface area contributed by atoms with E-state index in [1.54, 1.807) is 0 Å². The molecule has 1 amide bonds. The summed E-state index contributed by atoms with van der Waals surface area (Å²) in [5.41, 5.74) is 5.97. The largest absolute Gasteiger partial charge is 0.453 e. The van der Waals surface area contributed by atoms with Gasteiger partial charge in [-0.15, -0.1) is 0 Å². The van der Waals surface area contributed by atoms with Gasteiger partial charge in [-0.2, -0.15) is 5.26 Å². The Morgan fingerprint density at radius 2 is 1.86 bits per heavy atom. The Morgan fingerprint density at radius 3 is 2.57 bits per heavy atom. The van der Waals surface area contributed by atoms with Crippen molar-refractivity contribution < 1.29 is 18.3 Å². The average Bonchev–Trinajstić information content (AvgIpc) is 2.89. The number of pyridine rings is 2. The Kier molecular flexibility index (Phi) is 7.46. The van der Waals surface area contributed by atoms with Crippen molar-refractivity contribution in [1.29, 1.82) is 5.26 Å². The van der Waals surface area contributed by atoms with Crippen LogP contribution in [0.2, 0.25) is 5.02 Å². The SMILES string of the molecule is N#CCN(Cc1ccc(F)cc1)C(=O)c1ccc(=O)n(-c2ccc(Oc3ccnc(N)c3Cl)c(F)c2)c1. The number of amides is 1. The summed E-state index contributed by atoms with van der Waals surface area (Å²) in [6, 6.07) is 15.1. The van der Waals surface area contributed by atoms with E-state index in [1.165, 1.54) is 65.8 Å². The minimum Gasteiger partial charge on any atom is -0.453 e. The van der Waals surface area contributed by atoms with Gasteiger partial charge >= 0.3 is 0 Å². The first-order chi connectivity index (χ1) is 17.8. The van der Waals surface area contributed by atoms with Gasteiger partial charge in [-0.25, -0.2) is 13.8 Å². The summed E-state index contributed by atoms with van der Waals surface area (Å²) >= 11 is 6.04. The summed E-state index contributed by atoms with van der Waals surface area (Å²) in [7, 11) is 0. The molecule has 2 heterocycles. The van der Waals surface area contributed by atoms with Gasteiger partial charge in [-0.1, -0.05) is 23.7 Å². The third-order valence-corrected chi connectivity index (χ3v) is 5.67. The van der Waals surface area contributed by atoms with E-state index >= 15 is 0 Å². The van der Waals surface area contributed by atoms with Crippen LogP contribution in [0, 0.1) is 23.0 Å². The summed E-state index contributed by atoms with van der Waals surface area (Å²) in [6.07, 6.45) is 2.62. The Morgan fingerprint density at radius 1 is 1.11 bits per heavy atom. The van der Waals surface area contributed by atoms with Crippen molar-refractivity contribution in [2.24, 2.45) is 0 Å². The molecule has 0 radical (unpaired) electrons. The molecule has 4 aromatic rings. The molecule has 0 aliphatic rings. The summed E-state index contributed by atoms with van der Waals surface area (Å²) < 4.78 is 34.7. The van der Waals surface area contributed by atoms with Gasteiger partial charge in [-0.3, -0.25) is 14.2 Å². The highest BCUT2D eigenvalue weighted by Gasteiger charge is 2.18. The van der Waals surface area contributed by atoms with Crippen LogP contribution in [-0.4, -0.2) is 26.9 Å². The van der Waals surface area contributed by atoms with Crippen molar-refractivity contribution in [3.63, 3.8) is 0 Å². The van der Waals surface area contributed by atoms with E-state index in [2.05, 4.69) is 4.98 Å². The predicted molar refractivity (Wildman–Crippen MR) is 132 cm³/mol. The highest BCUT2D eigenvalue weighted by atomic mass is 35.5. The van der Waals surface area contributed by atoms with Crippen LogP contribution in [0.25, 0.3) is 5.69 Å². The lowest BCUT2D eigenvalue weighted by atomic mass is 10.1. The summed E-state index contributed by atoms with van der Waals surface area (Å²) in [4.78, 5) is 30.7. The molecule has 2 aromatic heterocycles. The Labute approximate surface area is 214 Å². The number of halogens is 3. The zero-order valence-electron chi connectivity index (χ0n) is 19.1. The molecule has 0 saturated heterocycles. The van der Waals surface area contributed by atoms with Crippen LogP contribution in [-0.2, 0) is 6.54 Å². The first-order valence-corrected chi connectivity index (χ1v) is 11.2. The van der Waals surface area contributed by atoms with Crippen LogP contribution < -0.4 is 16.0 Å². The van der Waals surface area contributed by atoms with Gasteiger partial charge < -0.3 is 15.4 Å². The number of aromatic nitrogens is 2. The number of anilines is 1. The number of nitrogens with zero attached hydrogens (tertiary/aromatic N) is 4. The number of nitriles is 1. The number of hydrogen-bond acceptors (Lipinski definition) is 6. The van der Waals surface area contributed by atoms with Crippen molar-refractivity contribution in [2.75, 3.05) is 12.3 Å². The van der Waals surface area contributed by atoms with Gasteiger partial charge in [0, 0.05) is 37.1 Å². The second-order valence-electron chi connectivity index (χ2n) is 7.80. The third-order valence-electron chi connectivity index (χ3n) is 5.29. The Bertz CT molecular complexity index is 1570. The van der Waals surface area contributed by atoms with Crippen LogP contribution in [0.3, 0.4) is 0 Å². The summed E-state index contributed by atoms with van der Waals surface area (Å²) in [5, 5.41) is 9.22. The van der Waals surface area contributed by atoms with Gasteiger partial charge in [0.1, 0.15) is 23.2 Å². The molecule has 0 atom stereocenters. The molecule has 0 bridgehead atoms. The van der Waals surface area contributed by atoms with E-state index < -0.39 is 23.1 Å². The third kappa shape index (κ3) is 5.74. The highest BCUT2D eigenvalue weighted by Crippen LogP contribution is 2.33. The molecule has 186 valence electrons. The lowest BCUT2D eigenvalue weighted by molar-refractivity contribution is 0.0764. The molecule has 4 rings (SSSR count). The van der Waals surface area contributed by atoms with Crippen molar-refractivity contribution in [3.8, 4) is 23.3 Å². The minimum absolute atomic E-state index is 0.0223. The number of carbonyl (C=O) groups excluding carboxylic acids is 1. The first kappa shape index (κ1) is 25.3. The van der Waals surface area contributed by atoms with E-state index in [0.29, 0.717) is 5.56 Å². The fourth-order valence-corrected chi connectivity index (χ4v) is 3.60. The highest BCUT2D eigenvalue weighted by molar-refractivity contribution is 6.34. The second kappa shape index (κ2) is 10.9. The topological polar surface area (TPSA) is 114 Å². The normalized spacial score (nSPS) is 10.5. The molecule has 0 spiro atoms. The van der Waals surface area contributed by atoms with E-state index in [1.807, 2.05) is 6.07 Å². The van der Waals surface area contributed by atoms with Crippen LogP contribution >= 0.6 is 11.6 Å². The fourth-order valence-electron chi connectivity index (χ4n) is 3.45. The maximum atomic E-state index is 14.9.